The summed E-state index contributed by atoms with van der Waals surface area (Å²) < 4.78 is 0. The minimum absolute atomic E-state index is 0.715. The Labute approximate surface area is 65.7 Å². The van der Waals surface area contributed by atoms with Crippen LogP contribution in [-0.2, 0) is 0 Å². The highest BCUT2D eigenvalue weighted by Gasteiger charge is 2.06. The molecular weight excluding hydrogens is 145 g/mol. The van der Waals surface area contributed by atoms with Gasteiger partial charge >= 0.3 is 6.19 Å². The maximum Gasteiger partial charge on any atom is 0.392 e. The van der Waals surface area contributed by atoms with Crippen molar-refractivity contribution in [3.63, 3.8) is 0 Å². The van der Waals surface area contributed by atoms with Crippen LogP contribution in [0.15, 0.2) is 18.5 Å². The Morgan fingerprint density at radius 1 is 1.60 bits per heavy atom. The SMILES string of the molecule is Cc1cncc(B(O)S)c1. The van der Waals surface area contributed by atoms with Crippen molar-refractivity contribution >= 4 is 24.1 Å². The first-order valence-electron chi connectivity index (χ1n) is 2.98. The largest absolute Gasteiger partial charge is 0.438 e. The molecule has 0 saturated carbocycles. The molecule has 0 aromatic carbocycles. The first-order valence-corrected chi connectivity index (χ1v) is 3.49. The molecule has 0 saturated heterocycles. The zero-order valence-electron chi connectivity index (χ0n) is 5.65. The van der Waals surface area contributed by atoms with Crippen LogP contribution in [0.1, 0.15) is 5.56 Å². The minimum Gasteiger partial charge on any atom is -0.438 e. The van der Waals surface area contributed by atoms with Crippen LogP contribution >= 0.6 is 12.5 Å². The van der Waals surface area contributed by atoms with Crippen molar-refractivity contribution in [2.24, 2.45) is 0 Å². The lowest BCUT2D eigenvalue weighted by Crippen LogP contribution is -2.24. The molecule has 1 heterocycles. The van der Waals surface area contributed by atoms with E-state index in [0.29, 0.717) is 0 Å². The monoisotopic (exact) mass is 153 g/mol. The molecule has 1 aromatic rings. The van der Waals surface area contributed by atoms with Gasteiger partial charge in [0.1, 0.15) is 0 Å². The van der Waals surface area contributed by atoms with Crippen molar-refractivity contribution in [3.05, 3.63) is 24.0 Å². The van der Waals surface area contributed by atoms with Gasteiger partial charge in [-0.3, -0.25) is 4.98 Å². The number of aromatic nitrogens is 1. The van der Waals surface area contributed by atoms with E-state index in [0.717, 1.165) is 11.0 Å². The fourth-order valence-electron chi connectivity index (χ4n) is 0.720. The van der Waals surface area contributed by atoms with Crippen LogP contribution in [-0.4, -0.2) is 16.2 Å². The van der Waals surface area contributed by atoms with E-state index in [1.807, 2.05) is 13.0 Å². The van der Waals surface area contributed by atoms with Gasteiger partial charge in [-0.2, -0.15) is 12.5 Å². The molecule has 0 aliphatic heterocycles. The summed E-state index contributed by atoms with van der Waals surface area (Å²) in [5.41, 5.74) is 1.77. The molecule has 0 aliphatic rings. The molecule has 10 heavy (non-hydrogen) atoms. The minimum atomic E-state index is -0.715. The highest BCUT2D eigenvalue weighted by Crippen LogP contribution is 1.91. The standard InChI is InChI=1S/C6H8BNOS/c1-5-2-6(7(9)10)4-8-3-5/h2-4,9-10H,1H3. The van der Waals surface area contributed by atoms with E-state index in [9.17, 15) is 0 Å². The molecule has 2 nitrogen and oxygen atoms in total. The summed E-state index contributed by atoms with van der Waals surface area (Å²) in [6, 6.07) is 1.85. The fourth-order valence-corrected chi connectivity index (χ4v) is 0.861. The average Bonchev–Trinajstić information content (AvgIpc) is 1.88. The molecule has 0 fully saturated rings. The molecular formula is C6H8BNOS. The number of nitrogens with zero attached hydrogens (tertiary/aromatic N) is 1. The number of pyridine rings is 1. The predicted octanol–water partition coefficient (Wildman–Crippen LogP) is 0.00732. The van der Waals surface area contributed by atoms with E-state index < -0.39 is 6.19 Å². The van der Waals surface area contributed by atoms with Crippen molar-refractivity contribution in [2.45, 2.75) is 6.92 Å². The van der Waals surface area contributed by atoms with Crippen LogP contribution < -0.4 is 5.46 Å². The lowest BCUT2D eigenvalue weighted by Gasteiger charge is -1.98. The van der Waals surface area contributed by atoms with Gasteiger partial charge in [0.05, 0.1) is 0 Å². The van der Waals surface area contributed by atoms with Crippen molar-refractivity contribution in [3.8, 4) is 0 Å². The summed E-state index contributed by atoms with van der Waals surface area (Å²) in [5.74, 6) is 0. The summed E-state index contributed by atoms with van der Waals surface area (Å²) in [6.07, 6.45) is 2.62. The Bertz CT molecular complexity index is 229. The van der Waals surface area contributed by atoms with Crippen LogP contribution in [0.4, 0.5) is 0 Å². The van der Waals surface area contributed by atoms with Gasteiger partial charge in [-0.15, -0.1) is 0 Å². The molecule has 4 heteroatoms. The Balaban J connectivity index is 2.96. The maximum atomic E-state index is 8.97. The van der Waals surface area contributed by atoms with Gasteiger partial charge in [-0.1, -0.05) is 6.07 Å². The normalized spacial score (nSPS) is 9.50. The molecule has 0 bridgehead atoms. The molecule has 0 unspecified atom stereocenters. The summed E-state index contributed by atoms with van der Waals surface area (Å²) >= 11 is 3.85. The molecule has 1 aromatic heterocycles. The van der Waals surface area contributed by atoms with Crippen molar-refractivity contribution < 1.29 is 5.02 Å². The molecule has 52 valence electrons. The van der Waals surface area contributed by atoms with Crippen LogP contribution in [0.5, 0.6) is 0 Å². The van der Waals surface area contributed by atoms with Gasteiger partial charge in [0.2, 0.25) is 0 Å². The number of rotatable bonds is 1. The highest BCUT2D eigenvalue weighted by molar-refractivity contribution is 8.10. The van der Waals surface area contributed by atoms with Gasteiger partial charge in [-0.25, -0.2) is 0 Å². The summed E-state index contributed by atoms with van der Waals surface area (Å²) in [7, 11) is 0. The van der Waals surface area contributed by atoms with E-state index in [1.165, 1.54) is 0 Å². The second-order valence-corrected chi connectivity index (χ2v) is 2.66. The molecule has 0 spiro atoms. The molecule has 0 atom stereocenters. The topological polar surface area (TPSA) is 33.1 Å². The average molecular weight is 153 g/mol. The Morgan fingerprint density at radius 3 is 2.70 bits per heavy atom. The Morgan fingerprint density at radius 2 is 2.30 bits per heavy atom. The lowest BCUT2D eigenvalue weighted by molar-refractivity contribution is 0.609. The zero-order chi connectivity index (χ0) is 7.56. The van der Waals surface area contributed by atoms with E-state index in [2.05, 4.69) is 17.5 Å². The third-order valence-electron chi connectivity index (χ3n) is 1.19. The van der Waals surface area contributed by atoms with Crippen molar-refractivity contribution in [1.29, 1.82) is 0 Å². The van der Waals surface area contributed by atoms with Gasteiger partial charge in [0.25, 0.3) is 0 Å². The first-order chi connectivity index (χ1) is 4.70. The van der Waals surface area contributed by atoms with Crippen molar-refractivity contribution in [2.75, 3.05) is 0 Å². The molecule has 0 radical (unpaired) electrons. The van der Waals surface area contributed by atoms with E-state index >= 15 is 0 Å². The molecule has 1 rings (SSSR count). The smallest absolute Gasteiger partial charge is 0.392 e. The van der Waals surface area contributed by atoms with Gasteiger partial charge in [0, 0.05) is 12.4 Å². The third kappa shape index (κ3) is 1.75. The van der Waals surface area contributed by atoms with Gasteiger partial charge in [-0.05, 0) is 17.9 Å². The Hall–Kier alpha value is -0.475. The number of hydrogen-bond acceptors (Lipinski definition) is 3. The van der Waals surface area contributed by atoms with E-state index in [-0.39, 0.29) is 0 Å². The predicted molar refractivity (Wildman–Crippen MR) is 45.6 cm³/mol. The lowest BCUT2D eigenvalue weighted by atomic mass is 9.88. The maximum absolute atomic E-state index is 8.97. The quantitative estimate of drug-likeness (QED) is 0.440. The van der Waals surface area contributed by atoms with E-state index in [1.54, 1.807) is 12.4 Å². The number of thiol groups is 1. The van der Waals surface area contributed by atoms with Crippen LogP contribution in [0.25, 0.3) is 0 Å². The highest BCUT2D eigenvalue weighted by atomic mass is 32.1. The van der Waals surface area contributed by atoms with Crippen LogP contribution in [0, 0.1) is 6.92 Å². The molecule has 0 aliphatic carbocycles. The molecule has 1 N–H and O–H groups in total. The molecule has 0 amide bonds. The Kier molecular flexibility index (Phi) is 2.35. The summed E-state index contributed by atoms with van der Waals surface area (Å²) in [6.45, 7) is 1.92. The van der Waals surface area contributed by atoms with Gasteiger partial charge < -0.3 is 5.02 Å². The van der Waals surface area contributed by atoms with E-state index in [4.69, 9.17) is 5.02 Å². The van der Waals surface area contributed by atoms with Crippen LogP contribution in [0.2, 0.25) is 0 Å². The van der Waals surface area contributed by atoms with Crippen LogP contribution in [0.3, 0.4) is 0 Å². The van der Waals surface area contributed by atoms with Crippen molar-refractivity contribution in [1.82, 2.24) is 4.98 Å². The summed E-state index contributed by atoms with van der Waals surface area (Å²) in [5, 5.41) is 8.97. The third-order valence-corrected chi connectivity index (χ3v) is 1.49. The van der Waals surface area contributed by atoms with Gasteiger partial charge in [0.15, 0.2) is 0 Å². The summed E-state index contributed by atoms with van der Waals surface area (Å²) in [4.78, 5) is 3.90. The number of aryl methyl sites for hydroxylation is 1. The second kappa shape index (κ2) is 3.08. The fraction of sp³-hybridized carbons (Fsp3) is 0.167. The zero-order valence-corrected chi connectivity index (χ0v) is 6.55. The second-order valence-electron chi connectivity index (χ2n) is 2.17. The first kappa shape index (κ1) is 7.63. The number of hydrogen-bond donors (Lipinski definition) is 2.